The Hall–Kier alpha value is -0.970. The second kappa shape index (κ2) is 4.13. The van der Waals surface area contributed by atoms with E-state index in [1.165, 1.54) is 0 Å². The molecule has 16 heavy (non-hydrogen) atoms. The molecule has 88 valence electrons. The van der Waals surface area contributed by atoms with Crippen molar-refractivity contribution in [1.82, 2.24) is 4.98 Å². The highest BCUT2D eigenvalue weighted by Crippen LogP contribution is 2.37. The molecule has 0 aromatic carbocycles. The van der Waals surface area contributed by atoms with E-state index in [-0.39, 0.29) is 11.2 Å². The van der Waals surface area contributed by atoms with Crippen molar-refractivity contribution in [2.45, 2.75) is 32.1 Å². The number of carbonyl (C=O) groups is 1. The fraction of sp³-hybridized carbons (Fsp3) is 0.636. The maximum absolute atomic E-state index is 10.9. The van der Waals surface area contributed by atoms with Crippen molar-refractivity contribution in [2.75, 3.05) is 11.5 Å². The summed E-state index contributed by atoms with van der Waals surface area (Å²) in [5, 5.41) is 8.92. The van der Waals surface area contributed by atoms with Crippen molar-refractivity contribution < 1.29 is 14.3 Å². The van der Waals surface area contributed by atoms with E-state index in [1.807, 2.05) is 11.8 Å². The molecule has 1 aromatic rings. The van der Waals surface area contributed by atoms with E-state index >= 15 is 0 Å². The second-order valence-electron chi connectivity index (χ2n) is 4.41. The van der Waals surface area contributed by atoms with Crippen molar-refractivity contribution in [1.29, 1.82) is 0 Å². The maximum Gasteiger partial charge on any atom is 0.373 e. The summed E-state index contributed by atoms with van der Waals surface area (Å²) in [6, 6.07) is 0. The molecule has 1 aromatic heterocycles. The quantitative estimate of drug-likeness (QED) is 0.861. The van der Waals surface area contributed by atoms with Crippen LogP contribution in [0, 0.1) is 6.92 Å². The SMILES string of the molecule is Cc1nc(C2(C)CCSCC2)oc1C(=O)O. The number of aromatic carboxylic acids is 1. The van der Waals surface area contributed by atoms with Crippen molar-refractivity contribution >= 4 is 17.7 Å². The third-order valence-electron chi connectivity index (χ3n) is 3.10. The number of carboxylic acids is 1. The van der Waals surface area contributed by atoms with Gasteiger partial charge in [-0.1, -0.05) is 6.92 Å². The van der Waals surface area contributed by atoms with Crippen LogP contribution < -0.4 is 0 Å². The monoisotopic (exact) mass is 241 g/mol. The molecule has 0 radical (unpaired) electrons. The number of hydrogen-bond acceptors (Lipinski definition) is 4. The first-order valence-electron chi connectivity index (χ1n) is 5.32. The molecule has 0 aliphatic carbocycles. The van der Waals surface area contributed by atoms with Crippen LogP contribution in [-0.4, -0.2) is 27.6 Å². The standard InChI is InChI=1S/C11H15NO3S/c1-7-8(9(13)14)15-10(12-7)11(2)3-5-16-6-4-11/h3-6H2,1-2H3,(H,13,14). The predicted molar refractivity (Wildman–Crippen MR) is 62.1 cm³/mol. The van der Waals surface area contributed by atoms with Crippen LogP contribution in [0.15, 0.2) is 4.42 Å². The normalized spacial score (nSPS) is 19.6. The molecule has 0 spiro atoms. The van der Waals surface area contributed by atoms with Crippen LogP contribution in [0.2, 0.25) is 0 Å². The summed E-state index contributed by atoms with van der Waals surface area (Å²) in [5.41, 5.74) is 0.380. The van der Waals surface area contributed by atoms with E-state index in [4.69, 9.17) is 9.52 Å². The maximum atomic E-state index is 10.9. The Bertz CT molecular complexity index is 407. The number of aromatic nitrogens is 1. The lowest BCUT2D eigenvalue weighted by Gasteiger charge is -2.29. The molecule has 1 aliphatic rings. The lowest BCUT2D eigenvalue weighted by molar-refractivity contribution is 0.0656. The molecule has 4 nitrogen and oxygen atoms in total. The van der Waals surface area contributed by atoms with E-state index in [0.29, 0.717) is 11.6 Å². The first-order chi connectivity index (χ1) is 7.53. The van der Waals surface area contributed by atoms with Gasteiger partial charge in [-0.05, 0) is 31.3 Å². The Labute approximate surface area is 98.4 Å². The molecule has 1 N–H and O–H groups in total. The number of rotatable bonds is 2. The molecule has 2 heterocycles. The zero-order chi connectivity index (χ0) is 11.8. The van der Waals surface area contributed by atoms with Gasteiger partial charge in [0.1, 0.15) is 0 Å². The smallest absolute Gasteiger partial charge is 0.373 e. The highest BCUT2D eigenvalue weighted by Gasteiger charge is 2.35. The number of carboxylic acid groups (broad SMARTS) is 1. The van der Waals surface area contributed by atoms with Gasteiger partial charge in [0, 0.05) is 5.41 Å². The molecular weight excluding hydrogens is 226 g/mol. The minimum atomic E-state index is -1.04. The second-order valence-corrected chi connectivity index (χ2v) is 5.64. The van der Waals surface area contributed by atoms with E-state index in [1.54, 1.807) is 6.92 Å². The molecule has 5 heteroatoms. The van der Waals surface area contributed by atoms with Crippen LogP contribution in [0.25, 0.3) is 0 Å². The Balaban J connectivity index is 2.33. The summed E-state index contributed by atoms with van der Waals surface area (Å²) in [7, 11) is 0. The largest absolute Gasteiger partial charge is 0.475 e. The number of hydrogen-bond donors (Lipinski definition) is 1. The van der Waals surface area contributed by atoms with Crippen molar-refractivity contribution in [3.05, 3.63) is 17.3 Å². The molecule has 1 saturated heterocycles. The Morgan fingerprint density at radius 1 is 1.50 bits per heavy atom. The molecule has 0 unspecified atom stereocenters. The van der Waals surface area contributed by atoms with Gasteiger partial charge in [-0.3, -0.25) is 0 Å². The number of aryl methyl sites for hydroxylation is 1. The summed E-state index contributed by atoms with van der Waals surface area (Å²) in [4.78, 5) is 15.2. The van der Waals surface area contributed by atoms with Crippen LogP contribution >= 0.6 is 11.8 Å². The molecule has 0 saturated carbocycles. The van der Waals surface area contributed by atoms with Gasteiger partial charge in [0.25, 0.3) is 0 Å². The minimum Gasteiger partial charge on any atom is -0.475 e. The van der Waals surface area contributed by atoms with Crippen LogP contribution in [0.5, 0.6) is 0 Å². The summed E-state index contributed by atoms with van der Waals surface area (Å²) in [6.07, 6.45) is 1.99. The molecule has 0 atom stereocenters. The molecule has 1 fully saturated rings. The zero-order valence-corrected chi connectivity index (χ0v) is 10.3. The van der Waals surface area contributed by atoms with Crippen molar-refractivity contribution in [3.63, 3.8) is 0 Å². The molecule has 2 rings (SSSR count). The van der Waals surface area contributed by atoms with Gasteiger partial charge in [0.2, 0.25) is 11.7 Å². The third-order valence-corrected chi connectivity index (χ3v) is 4.09. The Morgan fingerprint density at radius 2 is 2.12 bits per heavy atom. The average molecular weight is 241 g/mol. The van der Waals surface area contributed by atoms with E-state index in [9.17, 15) is 4.79 Å². The lowest BCUT2D eigenvalue weighted by atomic mass is 9.84. The first-order valence-corrected chi connectivity index (χ1v) is 6.47. The minimum absolute atomic E-state index is 0.0190. The van der Waals surface area contributed by atoms with E-state index < -0.39 is 5.97 Å². The van der Waals surface area contributed by atoms with Gasteiger partial charge < -0.3 is 9.52 Å². The Morgan fingerprint density at radius 3 is 2.62 bits per heavy atom. The molecule has 0 amide bonds. The number of thioether (sulfide) groups is 1. The summed E-state index contributed by atoms with van der Waals surface area (Å²) < 4.78 is 5.40. The highest BCUT2D eigenvalue weighted by molar-refractivity contribution is 7.99. The van der Waals surface area contributed by atoms with E-state index in [2.05, 4.69) is 11.9 Å². The molecule has 0 bridgehead atoms. The number of nitrogens with zero attached hydrogens (tertiary/aromatic N) is 1. The van der Waals surface area contributed by atoms with Crippen molar-refractivity contribution in [3.8, 4) is 0 Å². The fourth-order valence-corrected chi connectivity index (χ4v) is 3.28. The van der Waals surface area contributed by atoms with Crippen LogP contribution in [-0.2, 0) is 5.41 Å². The van der Waals surface area contributed by atoms with Crippen LogP contribution in [0.4, 0.5) is 0 Å². The predicted octanol–water partition coefficient (Wildman–Crippen LogP) is 2.47. The van der Waals surface area contributed by atoms with Crippen LogP contribution in [0.1, 0.15) is 41.9 Å². The fourth-order valence-electron chi connectivity index (χ4n) is 1.89. The van der Waals surface area contributed by atoms with Gasteiger partial charge in [-0.25, -0.2) is 9.78 Å². The van der Waals surface area contributed by atoms with Crippen molar-refractivity contribution in [2.24, 2.45) is 0 Å². The van der Waals surface area contributed by atoms with Crippen LogP contribution in [0.3, 0.4) is 0 Å². The zero-order valence-electron chi connectivity index (χ0n) is 9.45. The van der Waals surface area contributed by atoms with Gasteiger partial charge in [-0.15, -0.1) is 0 Å². The lowest BCUT2D eigenvalue weighted by Crippen LogP contribution is -2.27. The summed E-state index contributed by atoms with van der Waals surface area (Å²) >= 11 is 1.92. The average Bonchev–Trinajstić information content (AvgIpc) is 2.62. The van der Waals surface area contributed by atoms with E-state index in [0.717, 1.165) is 24.3 Å². The van der Waals surface area contributed by atoms with Gasteiger partial charge >= 0.3 is 5.97 Å². The molecule has 1 aliphatic heterocycles. The topological polar surface area (TPSA) is 63.3 Å². The van der Waals surface area contributed by atoms with Gasteiger partial charge in [-0.2, -0.15) is 11.8 Å². The highest BCUT2D eigenvalue weighted by atomic mass is 32.2. The van der Waals surface area contributed by atoms with Gasteiger partial charge in [0.15, 0.2) is 0 Å². The summed E-state index contributed by atoms with van der Waals surface area (Å²) in [5.74, 6) is 1.70. The number of oxazole rings is 1. The first kappa shape index (κ1) is 11.5. The third kappa shape index (κ3) is 1.96. The summed E-state index contributed by atoms with van der Waals surface area (Å²) in [6.45, 7) is 3.78. The molecular formula is C11H15NO3S. The van der Waals surface area contributed by atoms with Gasteiger partial charge in [0.05, 0.1) is 5.69 Å². The Kier molecular flexibility index (Phi) is 2.97.